The van der Waals surface area contributed by atoms with Crippen molar-refractivity contribution in [2.45, 2.75) is 53.0 Å². The lowest BCUT2D eigenvalue weighted by atomic mass is 9.93. The van der Waals surface area contributed by atoms with Gasteiger partial charge >= 0.3 is 0 Å². The average molecular weight is 270 g/mol. The summed E-state index contributed by atoms with van der Waals surface area (Å²) < 4.78 is 8.59. The van der Waals surface area contributed by atoms with Crippen LogP contribution in [0.3, 0.4) is 0 Å². The van der Waals surface area contributed by atoms with Crippen LogP contribution in [0, 0.1) is 10.7 Å². The summed E-state index contributed by atoms with van der Waals surface area (Å²) in [6, 6.07) is 0. The monoisotopic (exact) mass is 270 g/mol. The Hall–Kier alpha value is -0.610. The van der Waals surface area contributed by atoms with Gasteiger partial charge in [0.05, 0.1) is 6.61 Å². The number of aromatic nitrogens is 2. The van der Waals surface area contributed by atoms with Gasteiger partial charge in [0, 0.05) is 30.5 Å². The second kappa shape index (κ2) is 6.53. The zero-order chi connectivity index (χ0) is 13.8. The molecular weight excluding hydrogens is 244 g/mol. The molecule has 0 amide bonds. The first-order valence-corrected chi connectivity index (χ1v) is 7.09. The molecule has 0 saturated carbocycles. The molecule has 0 aliphatic heterocycles. The molecule has 1 aromatic heterocycles. The Labute approximate surface area is 116 Å². The molecule has 1 N–H and O–H groups in total. The molecular formula is C14H26N2OS. The minimum absolute atomic E-state index is 0.103. The molecule has 0 aliphatic carbocycles. The van der Waals surface area contributed by atoms with E-state index in [1.165, 1.54) is 5.69 Å². The van der Waals surface area contributed by atoms with Crippen molar-refractivity contribution in [3.05, 3.63) is 16.7 Å². The van der Waals surface area contributed by atoms with E-state index in [9.17, 15) is 0 Å². The number of aromatic amines is 1. The maximum Gasteiger partial charge on any atom is 0.177 e. The number of hydrogen-bond acceptors (Lipinski definition) is 2. The largest absolute Gasteiger partial charge is 0.380 e. The SMILES string of the molecule is CC(C)CCOCCn1c(C(C)(C)C)c[nH]c1=S. The van der Waals surface area contributed by atoms with Crippen LogP contribution in [0.2, 0.25) is 0 Å². The molecule has 1 heterocycles. The lowest BCUT2D eigenvalue weighted by Gasteiger charge is -2.20. The molecule has 104 valence electrons. The number of nitrogens with one attached hydrogen (secondary N) is 1. The van der Waals surface area contributed by atoms with E-state index in [0.717, 1.165) is 31.0 Å². The maximum absolute atomic E-state index is 5.66. The number of hydrogen-bond donors (Lipinski definition) is 1. The Morgan fingerprint density at radius 1 is 1.33 bits per heavy atom. The Morgan fingerprint density at radius 2 is 2.00 bits per heavy atom. The molecule has 0 atom stereocenters. The Morgan fingerprint density at radius 3 is 2.56 bits per heavy atom. The van der Waals surface area contributed by atoms with Crippen molar-refractivity contribution in [3.8, 4) is 0 Å². The van der Waals surface area contributed by atoms with Gasteiger partial charge in [-0.3, -0.25) is 0 Å². The molecule has 0 bridgehead atoms. The number of H-pyrrole nitrogens is 1. The lowest BCUT2D eigenvalue weighted by Crippen LogP contribution is -2.19. The van der Waals surface area contributed by atoms with Crippen LogP contribution in [0.15, 0.2) is 6.20 Å². The number of nitrogens with zero attached hydrogens (tertiary/aromatic N) is 1. The Balaban J connectivity index is 2.52. The molecule has 0 unspecified atom stereocenters. The Kier molecular flexibility index (Phi) is 5.60. The van der Waals surface area contributed by atoms with E-state index in [0.29, 0.717) is 5.92 Å². The summed E-state index contributed by atoms with van der Waals surface area (Å²) in [5.74, 6) is 0.699. The normalized spacial score (nSPS) is 12.3. The van der Waals surface area contributed by atoms with Crippen molar-refractivity contribution >= 4 is 12.2 Å². The van der Waals surface area contributed by atoms with Crippen molar-refractivity contribution < 1.29 is 4.74 Å². The van der Waals surface area contributed by atoms with E-state index in [4.69, 9.17) is 17.0 Å². The standard InChI is InChI=1S/C14H26N2OS/c1-11(2)6-8-17-9-7-16-12(14(3,4)5)10-15-13(16)18/h10-11H,6-9H2,1-5H3,(H,15,18). The number of rotatable bonds is 6. The van der Waals surface area contributed by atoms with Gasteiger partial charge in [-0.15, -0.1) is 0 Å². The molecule has 0 fully saturated rings. The van der Waals surface area contributed by atoms with Crippen LogP contribution >= 0.6 is 12.2 Å². The first-order chi connectivity index (χ1) is 8.32. The first-order valence-electron chi connectivity index (χ1n) is 6.69. The van der Waals surface area contributed by atoms with Gasteiger partial charge in [-0.25, -0.2) is 0 Å². The van der Waals surface area contributed by atoms with Gasteiger partial charge < -0.3 is 14.3 Å². The van der Waals surface area contributed by atoms with Crippen LogP contribution in [0.25, 0.3) is 0 Å². The third-order valence-corrected chi connectivity index (χ3v) is 3.27. The van der Waals surface area contributed by atoms with Gasteiger partial charge in [0.1, 0.15) is 0 Å². The van der Waals surface area contributed by atoms with E-state index in [1.54, 1.807) is 0 Å². The van der Waals surface area contributed by atoms with E-state index < -0.39 is 0 Å². The van der Waals surface area contributed by atoms with Crippen LogP contribution in [0.5, 0.6) is 0 Å². The summed E-state index contributed by atoms with van der Waals surface area (Å²) in [5.41, 5.74) is 1.34. The molecule has 1 rings (SSSR count). The maximum atomic E-state index is 5.66. The summed E-state index contributed by atoms with van der Waals surface area (Å²) >= 11 is 5.31. The Bertz CT molecular complexity index is 412. The summed E-state index contributed by atoms with van der Waals surface area (Å²) in [6.07, 6.45) is 3.13. The molecule has 0 aliphatic rings. The molecule has 4 heteroatoms. The summed E-state index contributed by atoms with van der Waals surface area (Å²) in [4.78, 5) is 3.13. The predicted octanol–water partition coefficient (Wildman–Crippen LogP) is 3.91. The van der Waals surface area contributed by atoms with Crippen LogP contribution in [0.1, 0.15) is 46.7 Å². The number of ether oxygens (including phenoxy) is 1. The third kappa shape index (κ3) is 4.58. The van der Waals surface area contributed by atoms with Crippen molar-refractivity contribution in [1.82, 2.24) is 9.55 Å². The summed E-state index contributed by atoms with van der Waals surface area (Å²) in [6.45, 7) is 13.4. The van der Waals surface area contributed by atoms with Crippen LogP contribution in [0.4, 0.5) is 0 Å². The van der Waals surface area contributed by atoms with Crippen molar-refractivity contribution in [3.63, 3.8) is 0 Å². The van der Waals surface area contributed by atoms with E-state index in [1.807, 2.05) is 6.20 Å². The molecule has 18 heavy (non-hydrogen) atoms. The second-order valence-corrected chi connectivity index (χ2v) is 6.56. The molecule has 0 radical (unpaired) electrons. The quantitative estimate of drug-likeness (QED) is 0.627. The first kappa shape index (κ1) is 15.4. The average Bonchev–Trinajstić information content (AvgIpc) is 2.59. The predicted molar refractivity (Wildman–Crippen MR) is 78.6 cm³/mol. The molecule has 0 saturated heterocycles. The zero-order valence-corrected chi connectivity index (χ0v) is 13.1. The van der Waals surface area contributed by atoms with E-state index in [-0.39, 0.29) is 5.41 Å². The highest BCUT2D eigenvalue weighted by atomic mass is 32.1. The van der Waals surface area contributed by atoms with Gasteiger partial charge in [-0.05, 0) is 24.6 Å². The van der Waals surface area contributed by atoms with Gasteiger partial charge in [0.15, 0.2) is 4.77 Å². The highest BCUT2D eigenvalue weighted by Crippen LogP contribution is 2.22. The van der Waals surface area contributed by atoms with Gasteiger partial charge in [-0.1, -0.05) is 34.6 Å². The highest BCUT2D eigenvalue weighted by Gasteiger charge is 2.18. The molecule has 3 nitrogen and oxygen atoms in total. The fraction of sp³-hybridized carbons (Fsp3) is 0.786. The summed E-state index contributed by atoms with van der Waals surface area (Å²) in [7, 11) is 0. The van der Waals surface area contributed by atoms with Gasteiger partial charge in [-0.2, -0.15) is 0 Å². The van der Waals surface area contributed by atoms with Crippen molar-refractivity contribution in [2.24, 2.45) is 5.92 Å². The summed E-state index contributed by atoms with van der Waals surface area (Å²) in [5, 5.41) is 0. The molecule has 0 aromatic carbocycles. The van der Waals surface area contributed by atoms with Crippen molar-refractivity contribution in [2.75, 3.05) is 13.2 Å². The highest BCUT2D eigenvalue weighted by molar-refractivity contribution is 7.71. The minimum atomic E-state index is 0.103. The molecule has 0 spiro atoms. The van der Waals surface area contributed by atoms with E-state index in [2.05, 4.69) is 44.2 Å². The lowest BCUT2D eigenvalue weighted by molar-refractivity contribution is 0.115. The van der Waals surface area contributed by atoms with Gasteiger partial charge in [0.2, 0.25) is 0 Å². The molecule has 1 aromatic rings. The van der Waals surface area contributed by atoms with Crippen molar-refractivity contribution in [1.29, 1.82) is 0 Å². The smallest absolute Gasteiger partial charge is 0.177 e. The van der Waals surface area contributed by atoms with Crippen LogP contribution < -0.4 is 0 Å². The van der Waals surface area contributed by atoms with Crippen LogP contribution in [-0.2, 0) is 16.7 Å². The third-order valence-electron chi connectivity index (χ3n) is 2.94. The van der Waals surface area contributed by atoms with Gasteiger partial charge in [0.25, 0.3) is 0 Å². The van der Waals surface area contributed by atoms with Crippen LogP contribution in [-0.4, -0.2) is 22.8 Å². The fourth-order valence-corrected chi connectivity index (χ4v) is 2.06. The fourth-order valence-electron chi connectivity index (χ4n) is 1.82. The minimum Gasteiger partial charge on any atom is -0.380 e. The van der Waals surface area contributed by atoms with E-state index >= 15 is 0 Å². The topological polar surface area (TPSA) is 29.9 Å². The second-order valence-electron chi connectivity index (χ2n) is 6.18. The zero-order valence-electron chi connectivity index (χ0n) is 12.2. The number of imidazole rings is 1.